The van der Waals surface area contributed by atoms with Crippen molar-refractivity contribution in [2.24, 2.45) is 0 Å². The van der Waals surface area contributed by atoms with Crippen molar-refractivity contribution in [2.75, 3.05) is 25.7 Å². The number of benzene rings is 2. The van der Waals surface area contributed by atoms with Gasteiger partial charge >= 0.3 is 5.97 Å². The Kier molecular flexibility index (Phi) is 9.03. The quantitative estimate of drug-likeness (QED) is 0.237. The molecule has 6 nitrogen and oxygen atoms in total. The maximum Gasteiger partial charge on any atom is 0.312 e. The number of hydrogen-bond donors (Lipinski definition) is 0. The van der Waals surface area contributed by atoms with E-state index < -0.39 is 11.9 Å². The second kappa shape index (κ2) is 11.5. The first-order valence-corrected chi connectivity index (χ1v) is 11.0. The summed E-state index contributed by atoms with van der Waals surface area (Å²) in [4.78, 5) is 23.3. The van der Waals surface area contributed by atoms with Gasteiger partial charge in [0.1, 0.15) is 17.2 Å². The van der Waals surface area contributed by atoms with Gasteiger partial charge in [-0.15, -0.1) is 0 Å². The molecule has 0 aliphatic carbocycles. The molecule has 0 saturated heterocycles. The van der Waals surface area contributed by atoms with E-state index in [1.165, 1.54) is 21.6 Å². The van der Waals surface area contributed by atoms with E-state index in [0.717, 1.165) is 0 Å². The minimum absolute atomic E-state index is 0.224. The monoisotopic (exact) mass is 421 g/mol. The number of ether oxygens (including phenoxy) is 3. The van der Waals surface area contributed by atoms with Gasteiger partial charge in [-0.3, -0.25) is 4.79 Å². The molecule has 28 heavy (non-hydrogen) atoms. The molecule has 1 atom stereocenters. The standard InChI is InChI=1S/C20H22O6S2/c1-24-15-5-3-14(4-6-15)18(20(22)23)13-28-27-12-11-19(21)26-17-9-7-16(25-2)8-10-17/h3-10,18H,11-13H2,1-2H3,(H,22,23)/p-1. The predicted molar refractivity (Wildman–Crippen MR) is 109 cm³/mol. The van der Waals surface area contributed by atoms with E-state index in [1.54, 1.807) is 62.8 Å². The van der Waals surface area contributed by atoms with E-state index >= 15 is 0 Å². The molecular weight excluding hydrogens is 400 g/mol. The van der Waals surface area contributed by atoms with Gasteiger partial charge in [0.25, 0.3) is 0 Å². The molecule has 1 unspecified atom stereocenters. The second-order valence-corrected chi connectivity index (χ2v) is 8.28. The zero-order chi connectivity index (χ0) is 20.4. The summed E-state index contributed by atoms with van der Waals surface area (Å²) in [7, 11) is 5.93. The maximum atomic E-state index is 11.9. The minimum atomic E-state index is -1.13. The first kappa shape index (κ1) is 22.0. The summed E-state index contributed by atoms with van der Waals surface area (Å²) in [5.74, 6) is 0.468. The number of hydrogen-bond acceptors (Lipinski definition) is 8. The van der Waals surface area contributed by atoms with Gasteiger partial charge in [0.15, 0.2) is 0 Å². The number of carbonyl (C=O) groups excluding carboxylic acids is 2. The van der Waals surface area contributed by atoms with Crippen molar-refractivity contribution in [2.45, 2.75) is 12.3 Å². The molecule has 0 amide bonds. The predicted octanol–water partition coefficient (Wildman–Crippen LogP) is 2.91. The molecule has 0 fully saturated rings. The van der Waals surface area contributed by atoms with Crippen LogP contribution in [0, 0.1) is 0 Å². The number of carboxylic acids is 1. The molecule has 0 saturated carbocycles. The normalized spacial score (nSPS) is 11.5. The molecule has 2 rings (SSSR count). The first-order valence-electron chi connectivity index (χ1n) is 8.47. The average molecular weight is 422 g/mol. The van der Waals surface area contributed by atoms with Gasteiger partial charge < -0.3 is 24.1 Å². The van der Waals surface area contributed by atoms with Gasteiger partial charge in [0.2, 0.25) is 0 Å². The SMILES string of the molecule is COc1ccc(OC(=O)CCSSCC(C(=O)[O-])c2ccc(OC)cc2)cc1. The molecule has 0 bridgehead atoms. The summed E-state index contributed by atoms with van der Waals surface area (Å²) in [6.07, 6.45) is 0.224. The number of esters is 1. The zero-order valence-electron chi connectivity index (χ0n) is 15.6. The van der Waals surface area contributed by atoms with Crippen LogP contribution >= 0.6 is 21.6 Å². The topological polar surface area (TPSA) is 84.9 Å². The summed E-state index contributed by atoms with van der Waals surface area (Å²) in [6.45, 7) is 0. The lowest BCUT2D eigenvalue weighted by Gasteiger charge is -2.18. The zero-order valence-corrected chi connectivity index (χ0v) is 17.2. The molecule has 2 aromatic rings. The minimum Gasteiger partial charge on any atom is -0.549 e. The lowest BCUT2D eigenvalue weighted by Crippen LogP contribution is -2.31. The average Bonchev–Trinajstić information content (AvgIpc) is 2.71. The van der Waals surface area contributed by atoms with Crippen LogP contribution in [0.25, 0.3) is 0 Å². The van der Waals surface area contributed by atoms with Crippen LogP contribution in [-0.4, -0.2) is 37.7 Å². The summed E-state index contributed by atoms with van der Waals surface area (Å²) >= 11 is 0. The fourth-order valence-corrected chi connectivity index (χ4v) is 4.49. The molecule has 150 valence electrons. The van der Waals surface area contributed by atoms with Crippen molar-refractivity contribution in [3.05, 3.63) is 54.1 Å². The van der Waals surface area contributed by atoms with Crippen LogP contribution in [0.2, 0.25) is 0 Å². The van der Waals surface area contributed by atoms with Gasteiger partial charge in [-0.2, -0.15) is 0 Å². The van der Waals surface area contributed by atoms with Crippen molar-refractivity contribution in [1.82, 2.24) is 0 Å². The largest absolute Gasteiger partial charge is 0.549 e. The molecule has 2 aromatic carbocycles. The molecule has 8 heteroatoms. The van der Waals surface area contributed by atoms with Crippen LogP contribution in [-0.2, 0) is 9.59 Å². The third kappa shape index (κ3) is 7.01. The van der Waals surface area contributed by atoms with Crippen LogP contribution in [0.1, 0.15) is 17.9 Å². The smallest absolute Gasteiger partial charge is 0.312 e. The highest BCUT2D eigenvalue weighted by Crippen LogP contribution is 2.30. The van der Waals surface area contributed by atoms with E-state index in [-0.39, 0.29) is 12.4 Å². The third-order valence-electron chi connectivity index (χ3n) is 3.80. The lowest BCUT2D eigenvalue weighted by molar-refractivity contribution is -0.307. The van der Waals surface area contributed by atoms with Gasteiger partial charge in [-0.05, 0) is 42.0 Å². The van der Waals surface area contributed by atoms with Gasteiger partial charge in [0.05, 0.1) is 20.6 Å². The Morgan fingerprint density at radius 1 is 0.893 bits per heavy atom. The summed E-state index contributed by atoms with van der Waals surface area (Å²) in [5, 5.41) is 11.4. The van der Waals surface area contributed by atoms with E-state index in [9.17, 15) is 14.7 Å². The maximum absolute atomic E-state index is 11.9. The van der Waals surface area contributed by atoms with Crippen molar-refractivity contribution in [1.29, 1.82) is 0 Å². The summed E-state index contributed by atoms with van der Waals surface area (Å²) < 4.78 is 15.4. The molecular formula is C20H21O6S2-. The van der Waals surface area contributed by atoms with E-state index in [4.69, 9.17) is 14.2 Å². The third-order valence-corrected chi connectivity index (χ3v) is 6.22. The fraction of sp³-hybridized carbons (Fsp3) is 0.300. The van der Waals surface area contributed by atoms with E-state index in [1.807, 2.05) is 0 Å². The van der Waals surface area contributed by atoms with E-state index in [0.29, 0.717) is 34.3 Å². The number of carboxylic acid groups (broad SMARTS) is 1. The van der Waals surface area contributed by atoms with Gasteiger partial charge in [-0.1, -0.05) is 33.7 Å². The van der Waals surface area contributed by atoms with Crippen molar-refractivity contribution >= 4 is 33.5 Å². The first-order chi connectivity index (χ1) is 13.5. The Morgan fingerprint density at radius 3 is 1.96 bits per heavy atom. The molecule has 0 radical (unpaired) electrons. The number of carbonyl (C=O) groups is 2. The Labute approximate surface area is 172 Å². The fourth-order valence-electron chi connectivity index (χ4n) is 2.26. The Morgan fingerprint density at radius 2 is 1.43 bits per heavy atom. The molecule has 0 aliphatic heterocycles. The van der Waals surface area contributed by atoms with Gasteiger partial charge in [0, 0.05) is 23.4 Å². The highest BCUT2D eigenvalue weighted by molar-refractivity contribution is 8.76. The molecule has 0 aromatic heterocycles. The number of rotatable bonds is 11. The van der Waals surface area contributed by atoms with Crippen molar-refractivity contribution < 1.29 is 28.9 Å². The summed E-state index contributed by atoms with van der Waals surface area (Å²) in [5.41, 5.74) is 0.660. The molecule has 0 heterocycles. The molecule has 0 aliphatic rings. The van der Waals surface area contributed by atoms with Gasteiger partial charge in [-0.25, -0.2) is 0 Å². The van der Waals surface area contributed by atoms with Crippen LogP contribution < -0.4 is 19.3 Å². The lowest BCUT2D eigenvalue weighted by atomic mass is 10.0. The Balaban J connectivity index is 1.72. The highest BCUT2D eigenvalue weighted by Gasteiger charge is 2.14. The second-order valence-electron chi connectivity index (χ2n) is 5.65. The number of methoxy groups -OCH3 is 2. The molecule has 0 N–H and O–H groups in total. The Hall–Kier alpha value is -2.32. The van der Waals surface area contributed by atoms with Crippen molar-refractivity contribution in [3.8, 4) is 17.2 Å². The summed E-state index contributed by atoms with van der Waals surface area (Å²) in [6, 6.07) is 13.6. The number of aliphatic carboxylic acids is 1. The highest BCUT2D eigenvalue weighted by atomic mass is 33.1. The van der Waals surface area contributed by atoms with Crippen molar-refractivity contribution in [3.63, 3.8) is 0 Å². The van der Waals surface area contributed by atoms with E-state index in [2.05, 4.69) is 0 Å². The van der Waals surface area contributed by atoms with Crippen LogP contribution in [0.5, 0.6) is 17.2 Å². The van der Waals surface area contributed by atoms with Crippen LogP contribution in [0.3, 0.4) is 0 Å². The van der Waals surface area contributed by atoms with Crippen LogP contribution in [0.4, 0.5) is 0 Å². The Bertz CT molecular complexity index is 761. The van der Waals surface area contributed by atoms with Crippen LogP contribution in [0.15, 0.2) is 48.5 Å². The molecule has 0 spiro atoms.